The van der Waals surface area contributed by atoms with Crippen molar-refractivity contribution >= 4 is 6.03 Å². The van der Waals surface area contributed by atoms with E-state index in [-0.39, 0.29) is 18.1 Å². The van der Waals surface area contributed by atoms with Crippen LogP contribution in [-0.4, -0.2) is 17.1 Å². The molecule has 21 heavy (non-hydrogen) atoms. The third-order valence-corrected chi connectivity index (χ3v) is 3.89. The van der Waals surface area contributed by atoms with Crippen LogP contribution in [0.3, 0.4) is 0 Å². The van der Waals surface area contributed by atoms with Crippen molar-refractivity contribution in [2.24, 2.45) is 0 Å². The number of nitrogens with zero attached hydrogens (tertiary/aromatic N) is 1. The first-order valence-corrected chi connectivity index (χ1v) is 7.26. The number of urea groups is 1. The summed E-state index contributed by atoms with van der Waals surface area (Å²) in [5.41, 5.74) is 2.35. The summed E-state index contributed by atoms with van der Waals surface area (Å²) >= 11 is 0. The lowest BCUT2D eigenvalue weighted by Gasteiger charge is -2.14. The highest BCUT2D eigenvalue weighted by molar-refractivity contribution is 5.75. The van der Waals surface area contributed by atoms with Crippen LogP contribution in [-0.2, 0) is 0 Å². The Balaban J connectivity index is 1.50. The number of amides is 2. The summed E-state index contributed by atoms with van der Waals surface area (Å²) in [5.74, 6) is 0.452. The molecule has 2 amide bonds. The van der Waals surface area contributed by atoms with Crippen molar-refractivity contribution in [1.29, 1.82) is 0 Å². The minimum absolute atomic E-state index is 0.0260. The first-order valence-electron chi connectivity index (χ1n) is 7.26. The Labute approximate surface area is 124 Å². The van der Waals surface area contributed by atoms with Crippen molar-refractivity contribution in [1.82, 2.24) is 15.6 Å². The molecule has 4 heteroatoms. The molecule has 1 aromatic heterocycles. The normalized spacial score (nSPS) is 21.4. The van der Waals surface area contributed by atoms with E-state index in [0.717, 1.165) is 12.0 Å². The molecule has 0 unspecified atom stereocenters. The predicted molar refractivity (Wildman–Crippen MR) is 81.9 cm³/mol. The fraction of sp³-hybridized carbons (Fsp3) is 0.294. The Bertz CT molecular complexity index is 600. The monoisotopic (exact) mass is 281 g/mol. The van der Waals surface area contributed by atoms with Crippen LogP contribution < -0.4 is 10.6 Å². The molecule has 0 aliphatic heterocycles. The second kappa shape index (κ2) is 5.95. The second-order valence-electron chi connectivity index (χ2n) is 5.48. The first kappa shape index (κ1) is 13.6. The van der Waals surface area contributed by atoms with Gasteiger partial charge in [-0.05, 0) is 36.6 Å². The van der Waals surface area contributed by atoms with Crippen LogP contribution in [0, 0.1) is 0 Å². The van der Waals surface area contributed by atoms with Gasteiger partial charge in [-0.1, -0.05) is 30.3 Å². The van der Waals surface area contributed by atoms with Gasteiger partial charge in [-0.15, -0.1) is 0 Å². The molecular formula is C17H19N3O. The van der Waals surface area contributed by atoms with E-state index in [1.807, 2.05) is 37.3 Å². The summed E-state index contributed by atoms with van der Waals surface area (Å²) in [6.45, 7) is 1.97. The van der Waals surface area contributed by atoms with E-state index in [0.29, 0.717) is 5.92 Å². The van der Waals surface area contributed by atoms with Crippen molar-refractivity contribution in [3.8, 4) is 0 Å². The minimum atomic E-state index is -0.109. The van der Waals surface area contributed by atoms with E-state index in [1.54, 1.807) is 12.4 Å². The van der Waals surface area contributed by atoms with Crippen molar-refractivity contribution in [3.05, 3.63) is 66.0 Å². The number of hydrogen-bond donors (Lipinski definition) is 2. The van der Waals surface area contributed by atoms with Gasteiger partial charge in [0.15, 0.2) is 0 Å². The summed E-state index contributed by atoms with van der Waals surface area (Å²) in [5, 5.41) is 6.00. The third-order valence-electron chi connectivity index (χ3n) is 3.89. The van der Waals surface area contributed by atoms with Crippen LogP contribution in [0.15, 0.2) is 54.9 Å². The standard InChI is InChI=1S/C17H19N3O/c1-12(13-7-9-18-10-8-13)19-17(21)20-16-11-15(16)14-5-3-2-4-6-14/h2-10,12,15-16H,11H2,1H3,(H2,19,20,21)/t12-,15-,16+/m0/s1. The molecule has 4 nitrogen and oxygen atoms in total. The quantitative estimate of drug-likeness (QED) is 0.905. The zero-order chi connectivity index (χ0) is 14.7. The molecule has 1 aliphatic carbocycles. The fourth-order valence-corrected chi connectivity index (χ4v) is 2.57. The van der Waals surface area contributed by atoms with Gasteiger partial charge in [-0.2, -0.15) is 0 Å². The third kappa shape index (κ3) is 3.40. The van der Waals surface area contributed by atoms with Gasteiger partial charge in [0.1, 0.15) is 0 Å². The zero-order valence-corrected chi connectivity index (χ0v) is 12.0. The predicted octanol–water partition coefficient (Wildman–Crippen LogP) is 3.00. The van der Waals surface area contributed by atoms with Crippen LogP contribution in [0.2, 0.25) is 0 Å². The fourth-order valence-electron chi connectivity index (χ4n) is 2.57. The molecule has 108 valence electrons. The number of carbonyl (C=O) groups is 1. The van der Waals surface area contributed by atoms with Gasteiger partial charge in [0.25, 0.3) is 0 Å². The molecule has 1 aromatic carbocycles. The molecule has 0 saturated heterocycles. The van der Waals surface area contributed by atoms with Crippen molar-refractivity contribution in [2.45, 2.75) is 31.3 Å². The van der Waals surface area contributed by atoms with Gasteiger partial charge in [0.2, 0.25) is 0 Å². The molecule has 2 N–H and O–H groups in total. The van der Waals surface area contributed by atoms with E-state index in [2.05, 4.69) is 27.8 Å². The maximum atomic E-state index is 12.0. The second-order valence-corrected chi connectivity index (χ2v) is 5.48. The summed E-state index contributed by atoms with van der Waals surface area (Å²) < 4.78 is 0. The van der Waals surface area contributed by atoms with Crippen molar-refractivity contribution in [3.63, 3.8) is 0 Å². The van der Waals surface area contributed by atoms with Gasteiger partial charge in [-0.3, -0.25) is 4.98 Å². The summed E-state index contributed by atoms with van der Waals surface area (Å²) in [4.78, 5) is 16.0. The number of benzene rings is 1. The number of rotatable bonds is 4. The topological polar surface area (TPSA) is 54.0 Å². The van der Waals surface area contributed by atoms with Crippen LogP contribution >= 0.6 is 0 Å². The summed E-state index contributed by atoms with van der Waals surface area (Å²) in [6.07, 6.45) is 4.48. The molecule has 0 spiro atoms. The smallest absolute Gasteiger partial charge is 0.315 e. The number of pyridine rings is 1. The SMILES string of the molecule is C[C@H](NC(=O)N[C@@H]1C[C@H]1c1ccccc1)c1ccncc1. The van der Waals surface area contributed by atoms with Gasteiger partial charge >= 0.3 is 6.03 Å². The Hall–Kier alpha value is -2.36. The Kier molecular flexibility index (Phi) is 3.86. The van der Waals surface area contributed by atoms with Gasteiger partial charge in [-0.25, -0.2) is 4.79 Å². The van der Waals surface area contributed by atoms with Gasteiger partial charge in [0.05, 0.1) is 6.04 Å². The number of hydrogen-bond acceptors (Lipinski definition) is 2. The van der Waals surface area contributed by atoms with E-state index in [1.165, 1.54) is 5.56 Å². The van der Waals surface area contributed by atoms with Crippen LogP contribution in [0.4, 0.5) is 4.79 Å². The highest BCUT2D eigenvalue weighted by Crippen LogP contribution is 2.40. The number of carbonyl (C=O) groups excluding carboxylic acids is 1. The first-order chi connectivity index (χ1) is 10.2. The maximum Gasteiger partial charge on any atom is 0.315 e. The highest BCUT2D eigenvalue weighted by Gasteiger charge is 2.39. The number of nitrogens with one attached hydrogen (secondary N) is 2. The highest BCUT2D eigenvalue weighted by atomic mass is 16.2. The average Bonchev–Trinajstić information content (AvgIpc) is 3.28. The molecular weight excluding hydrogens is 262 g/mol. The van der Waals surface area contributed by atoms with Crippen molar-refractivity contribution in [2.75, 3.05) is 0 Å². The number of aromatic nitrogens is 1. The molecule has 3 atom stereocenters. The summed E-state index contributed by atoms with van der Waals surface area (Å²) in [6, 6.07) is 14.3. The van der Waals surface area contributed by atoms with Crippen LogP contribution in [0.25, 0.3) is 0 Å². The molecule has 2 aromatic rings. The average molecular weight is 281 g/mol. The summed E-state index contributed by atoms with van der Waals surface area (Å²) in [7, 11) is 0. The van der Waals surface area contributed by atoms with Crippen LogP contribution in [0.5, 0.6) is 0 Å². The molecule has 1 fully saturated rings. The Morgan fingerprint density at radius 1 is 1.19 bits per heavy atom. The lowest BCUT2D eigenvalue weighted by Crippen LogP contribution is -2.38. The van der Waals surface area contributed by atoms with Gasteiger partial charge in [0, 0.05) is 24.4 Å². The Morgan fingerprint density at radius 2 is 1.90 bits per heavy atom. The Morgan fingerprint density at radius 3 is 2.62 bits per heavy atom. The lowest BCUT2D eigenvalue weighted by atomic mass is 10.1. The van der Waals surface area contributed by atoms with Crippen molar-refractivity contribution < 1.29 is 4.79 Å². The zero-order valence-electron chi connectivity index (χ0n) is 12.0. The molecule has 1 aliphatic rings. The van der Waals surface area contributed by atoms with Crippen LogP contribution in [0.1, 0.15) is 36.4 Å². The molecule has 3 rings (SSSR count). The molecule has 1 saturated carbocycles. The largest absolute Gasteiger partial charge is 0.335 e. The van der Waals surface area contributed by atoms with E-state index < -0.39 is 0 Å². The van der Waals surface area contributed by atoms with E-state index in [9.17, 15) is 4.79 Å². The van der Waals surface area contributed by atoms with E-state index >= 15 is 0 Å². The lowest BCUT2D eigenvalue weighted by molar-refractivity contribution is 0.237. The molecule has 0 radical (unpaired) electrons. The minimum Gasteiger partial charge on any atom is -0.335 e. The molecule has 1 heterocycles. The van der Waals surface area contributed by atoms with E-state index in [4.69, 9.17) is 0 Å². The van der Waals surface area contributed by atoms with Gasteiger partial charge < -0.3 is 10.6 Å². The molecule has 0 bridgehead atoms. The maximum absolute atomic E-state index is 12.0.